The Morgan fingerprint density at radius 3 is 2.12 bits per heavy atom. The quantitative estimate of drug-likeness (QED) is 0.530. The van der Waals surface area contributed by atoms with E-state index in [0.717, 1.165) is 11.6 Å². The number of sulfone groups is 1. The third kappa shape index (κ3) is 5.63. The average molecular weight is 453 g/mol. The van der Waals surface area contributed by atoms with Crippen LogP contribution in [0.5, 0.6) is 0 Å². The minimum Gasteiger partial charge on any atom is -0.332 e. The molecule has 2 aromatic carbocycles. The Bertz CT molecular complexity index is 892. The molecular formula is C17H13Cl4NO3S. The summed E-state index contributed by atoms with van der Waals surface area (Å²) in [6, 6.07) is 14.3. The van der Waals surface area contributed by atoms with Crippen LogP contribution in [0.1, 0.15) is 5.56 Å². The Balaban J connectivity index is 2.26. The fourth-order valence-corrected chi connectivity index (χ4v) is 4.77. The van der Waals surface area contributed by atoms with Crippen molar-refractivity contribution in [2.24, 2.45) is 0 Å². The summed E-state index contributed by atoms with van der Waals surface area (Å²) in [7, 11) is -4.17. The van der Waals surface area contributed by atoms with Crippen LogP contribution in [0.25, 0.3) is 6.08 Å². The number of carbonyl (C=O) groups excluding carboxylic acids is 1. The van der Waals surface area contributed by atoms with E-state index in [1.54, 1.807) is 24.3 Å². The van der Waals surface area contributed by atoms with Crippen molar-refractivity contribution < 1.29 is 13.2 Å². The van der Waals surface area contributed by atoms with Crippen molar-refractivity contribution in [3.8, 4) is 0 Å². The average Bonchev–Trinajstić information content (AvgIpc) is 2.58. The van der Waals surface area contributed by atoms with E-state index in [0.29, 0.717) is 5.02 Å². The molecule has 2 rings (SSSR count). The topological polar surface area (TPSA) is 63.2 Å². The summed E-state index contributed by atoms with van der Waals surface area (Å²) >= 11 is 23.2. The molecule has 0 bridgehead atoms. The first-order valence-electron chi connectivity index (χ1n) is 7.20. The highest BCUT2D eigenvalue weighted by molar-refractivity contribution is 7.92. The third-order valence-electron chi connectivity index (χ3n) is 3.25. The lowest BCUT2D eigenvalue weighted by molar-refractivity contribution is -0.116. The number of rotatable bonds is 5. The van der Waals surface area contributed by atoms with E-state index in [2.05, 4.69) is 5.32 Å². The summed E-state index contributed by atoms with van der Waals surface area (Å²) < 4.78 is 23.2. The molecule has 0 radical (unpaired) electrons. The van der Waals surface area contributed by atoms with E-state index in [9.17, 15) is 13.2 Å². The van der Waals surface area contributed by atoms with Gasteiger partial charge < -0.3 is 5.32 Å². The fraction of sp³-hybridized carbons (Fsp3) is 0.118. The van der Waals surface area contributed by atoms with Crippen molar-refractivity contribution in [2.75, 3.05) is 0 Å². The first-order valence-corrected chi connectivity index (χ1v) is 10.3. The van der Waals surface area contributed by atoms with Crippen LogP contribution in [0.15, 0.2) is 65.6 Å². The van der Waals surface area contributed by atoms with Crippen LogP contribution < -0.4 is 5.32 Å². The number of benzene rings is 2. The van der Waals surface area contributed by atoms with Crippen molar-refractivity contribution in [3.63, 3.8) is 0 Å². The Morgan fingerprint density at radius 2 is 1.58 bits per heavy atom. The first-order chi connectivity index (χ1) is 12.1. The van der Waals surface area contributed by atoms with Crippen LogP contribution in [0.4, 0.5) is 0 Å². The van der Waals surface area contributed by atoms with Crippen LogP contribution in [0.2, 0.25) is 5.02 Å². The molecule has 0 saturated heterocycles. The summed E-state index contributed by atoms with van der Waals surface area (Å²) in [5, 5.41) is 0.806. The van der Waals surface area contributed by atoms with E-state index in [1.807, 2.05) is 6.07 Å². The van der Waals surface area contributed by atoms with Crippen molar-refractivity contribution >= 4 is 68.2 Å². The minimum atomic E-state index is -4.17. The lowest BCUT2D eigenvalue weighted by Gasteiger charge is -2.25. The van der Waals surface area contributed by atoms with Gasteiger partial charge in [0.25, 0.3) is 0 Å². The molecule has 0 aliphatic heterocycles. The minimum absolute atomic E-state index is 0.134. The van der Waals surface area contributed by atoms with E-state index in [4.69, 9.17) is 46.4 Å². The zero-order valence-corrected chi connectivity index (χ0v) is 16.9. The maximum atomic E-state index is 12.8. The molecule has 9 heteroatoms. The number of nitrogens with one attached hydrogen (secondary N) is 1. The van der Waals surface area contributed by atoms with Crippen molar-refractivity contribution in [1.82, 2.24) is 5.32 Å². The standard InChI is InChI=1S/C17H13Cl4NO3S/c18-13-7-9-14(10-8-13)26(24,25)16(17(19,20)21)22-15(23)11-6-12-4-2-1-3-5-12/h1-11,16H,(H,22,23)/b11-6+. The van der Waals surface area contributed by atoms with Gasteiger partial charge in [0.2, 0.25) is 19.5 Å². The van der Waals surface area contributed by atoms with Gasteiger partial charge in [-0.25, -0.2) is 8.42 Å². The molecule has 0 aliphatic rings. The predicted octanol–water partition coefficient (Wildman–Crippen LogP) is 4.64. The number of alkyl halides is 3. The van der Waals surface area contributed by atoms with Gasteiger partial charge in [-0.2, -0.15) is 0 Å². The van der Waals surface area contributed by atoms with Gasteiger partial charge in [-0.05, 0) is 35.9 Å². The van der Waals surface area contributed by atoms with E-state index >= 15 is 0 Å². The highest BCUT2D eigenvalue weighted by atomic mass is 35.6. The van der Waals surface area contributed by atoms with Gasteiger partial charge in [0.1, 0.15) is 0 Å². The third-order valence-corrected chi connectivity index (χ3v) is 6.57. The summed E-state index contributed by atoms with van der Waals surface area (Å²) in [5.41, 5.74) is 0.758. The maximum absolute atomic E-state index is 12.8. The smallest absolute Gasteiger partial charge is 0.245 e. The molecular weight excluding hydrogens is 440 g/mol. The number of amides is 1. The molecule has 0 saturated carbocycles. The Hall–Kier alpha value is -1.24. The molecule has 1 atom stereocenters. The monoisotopic (exact) mass is 451 g/mol. The molecule has 26 heavy (non-hydrogen) atoms. The Morgan fingerprint density at radius 1 is 1.00 bits per heavy atom. The largest absolute Gasteiger partial charge is 0.332 e. The highest BCUT2D eigenvalue weighted by Crippen LogP contribution is 2.36. The maximum Gasteiger partial charge on any atom is 0.245 e. The van der Waals surface area contributed by atoms with Crippen LogP contribution in [-0.4, -0.2) is 23.5 Å². The fourth-order valence-electron chi connectivity index (χ4n) is 2.01. The molecule has 1 unspecified atom stereocenters. The number of halogens is 4. The number of hydrogen-bond donors (Lipinski definition) is 1. The summed E-state index contributed by atoms with van der Waals surface area (Å²) in [6.45, 7) is 0. The second kappa shape index (κ2) is 8.63. The van der Waals surface area contributed by atoms with Gasteiger partial charge in [-0.3, -0.25) is 4.79 Å². The molecule has 0 spiro atoms. The van der Waals surface area contributed by atoms with Gasteiger partial charge in [0, 0.05) is 11.1 Å². The SMILES string of the molecule is O=C(/C=C/c1ccccc1)NC(C(Cl)(Cl)Cl)S(=O)(=O)c1ccc(Cl)cc1. The Labute approximate surface area is 171 Å². The summed E-state index contributed by atoms with van der Waals surface area (Å²) in [5.74, 6) is -0.720. The van der Waals surface area contributed by atoms with Gasteiger partial charge in [-0.1, -0.05) is 76.7 Å². The van der Waals surface area contributed by atoms with Crippen LogP contribution in [-0.2, 0) is 14.6 Å². The zero-order chi connectivity index (χ0) is 19.4. The van der Waals surface area contributed by atoms with Crippen molar-refractivity contribution in [1.29, 1.82) is 0 Å². The second-order valence-corrected chi connectivity index (χ2v) is 10.0. The van der Waals surface area contributed by atoms with Crippen LogP contribution in [0, 0.1) is 0 Å². The molecule has 1 N–H and O–H groups in total. The van der Waals surface area contributed by atoms with Gasteiger partial charge in [-0.15, -0.1) is 0 Å². The van der Waals surface area contributed by atoms with E-state index in [1.165, 1.54) is 30.3 Å². The molecule has 4 nitrogen and oxygen atoms in total. The van der Waals surface area contributed by atoms with Gasteiger partial charge in [0.05, 0.1) is 4.90 Å². The summed E-state index contributed by atoms with van der Waals surface area (Å²) in [6.07, 6.45) is 2.68. The molecule has 2 aromatic rings. The zero-order valence-electron chi connectivity index (χ0n) is 13.1. The van der Waals surface area contributed by atoms with Crippen LogP contribution in [0.3, 0.4) is 0 Å². The Kier molecular flexibility index (Phi) is 6.99. The lowest BCUT2D eigenvalue weighted by Crippen LogP contribution is -2.48. The highest BCUT2D eigenvalue weighted by Gasteiger charge is 2.44. The van der Waals surface area contributed by atoms with Crippen LogP contribution >= 0.6 is 46.4 Å². The molecule has 0 fully saturated rings. The van der Waals surface area contributed by atoms with Crippen molar-refractivity contribution in [2.45, 2.75) is 14.1 Å². The van der Waals surface area contributed by atoms with E-state index < -0.39 is 24.9 Å². The van der Waals surface area contributed by atoms with Gasteiger partial charge in [0.15, 0.2) is 5.37 Å². The summed E-state index contributed by atoms with van der Waals surface area (Å²) in [4.78, 5) is 12.0. The predicted molar refractivity (Wildman–Crippen MR) is 106 cm³/mol. The molecule has 0 heterocycles. The molecule has 0 aromatic heterocycles. The first kappa shape index (κ1) is 21.1. The molecule has 138 valence electrons. The molecule has 1 amide bonds. The second-order valence-electron chi connectivity index (χ2n) is 5.17. The van der Waals surface area contributed by atoms with E-state index in [-0.39, 0.29) is 4.90 Å². The van der Waals surface area contributed by atoms with Crippen molar-refractivity contribution in [3.05, 3.63) is 71.3 Å². The van der Waals surface area contributed by atoms with Gasteiger partial charge >= 0.3 is 0 Å². The normalized spacial score (nSPS) is 13.5. The lowest BCUT2D eigenvalue weighted by atomic mass is 10.2. The number of hydrogen-bond acceptors (Lipinski definition) is 3. The molecule has 0 aliphatic carbocycles. The number of carbonyl (C=O) groups is 1.